The van der Waals surface area contributed by atoms with E-state index in [0.29, 0.717) is 23.9 Å². The van der Waals surface area contributed by atoms with Crippen molar-refractivity contribution < 1.29 is 42.1 Å². The van der Waals surface area contributed by atoms with Crippen LogP contribution in [0, 0.1) is 0 Å². The molecular formula is C50H80NO8P. The first-order chi connectivity index (χ1) is 29.0. The molecule has 0 fully saturated rings. The van der Waals surface area contributed by atoms with Crippen molar-refractivity contribution in [2.24, 2.45) is 0 Å². The van der Waals surface area contributed by atoms with Crippen LogP contribution in [0.15, 0.2) is 122 Å². The molecule has 0 heterocycles. The molecule has 2 atom stereocenters. The number of phosphoric ester groups is 1. The van der Waals surface area contributed by atoms with Gasteiger partial charge in [0.1, 0.15) is 19.8 Å². The Morgan fingerprint density at radius 3 is 1.35 bits per heavy atom. The maximum atomic E-state index is 12.7. The molecule has 0 aliphatic carbocycles. The number of carbonyl (C=O) groups excluding carboxylic acids is 2. The van der Waals surface area contributed by atoms with Gasteiger partial charge < -0.3 is 27.9 Å². The molecule has 0 aliphatic rings. The zero-order valence-electron chi connectivity index (χ0n) is 37.8. The molecule has 2 unspecified atom stereocenters. The Hall–Kier alpha value is -3.59. The molecule has 0 aromatic heterocycles. The summed E-state index contributed by atoms with van der Waals surface area (Å²) in [5.41, 5.74) is 0. The van der Waals surface area contributed by atoms with E-state index < -0.39 is 32.5 Å². The lowest BCUT2D eigenvalue weighted by Crippen LogP contribution is -2.37. The number of likely N-dealkylation sites (N-methyl/N-ethyl adjacent to an activating group) is 1. The lowest BCUT2D eigenvalue weighted by molar-refractivity contribution is -0.870. The fraction of sp³-hybridized carbons (Fsp3) is 0.560. The number of allylic oxidation sites excluding steroid dienone is 20. The van der Waals surface area contributed by atoms with Crippen molar-refractivity contribution in [3.63, 3.8) is 0 Å². The van der Waals surface area contributed by atoms with Crippen LogP contribution < -0.4 is 4.89 Å². The number of nitrogens with zero attached hydrogens (tertiary/aromatic N) is 1. The first-order valence-corrected chi connectivity index (χ1v) is 23.7. The maximum absolute atomic E-state index is 12.7. The van der Waals surface area contributed by atoms with Gasteiger partial charge in [0, 0.05) is 12.8 Å². The molecule has 0 aromatic rings. The van der Waals surface area contributed by atoms with E-state index in [1.165, 1.54) is 0 Å². The fourth-order valence-electron chi connectivity index (χ4n) is 5.07. The van der Waals surface area contributed by atoms with Gasteiger partial charge in [0.25, 0.3) is 7.82 Å². The SMILES string of the molecule is CC/C=C\C/C=C\C/C=C\C/C=C\C/C=C\CCCCCC(=O)OC(COC(=O)CCC/C=C\C/C=C\C/C=C\C/C=C\C/C=C\CC)COP(=O)([O-])OCC[N+](C)(C)C. The number of quaternary nitrogens is 1. The van der Waals surface area contributed by atoms with E-state index in [4.69, 9.17) is 18.5 Å². The van der Waals surface area contributed by atoms with Crippen LogP contribution in [0.25, 0.3) is 0 Å². The minimum absolute atomic E-state index is 0.0543. The Bertz CT molecular complexity index is 1430. The quantitative estimate of drug-likeness (QED) is 0.0198. The van der Waals surface area contributed by atoms with E-state index in [0.717, 1.165) is 89.9 Å². The van der Waals surface area contributed by atoms with E-state index in [9.17, 15) is 19.0 Å². The Balaban J connectivity index is 4.55. The van der Waals surface area contributed by atoms with Gasteiger partial charge in [-0.15, -0.1) is 0 Å². The maximum Gasteiger partial charge on any atom is 0.306 e. The summed E-state index contributed by atoms with van der Waals surface area (Å²) in [7, 11) is 1.09. The van der Waals surface area contributed by atoms with E-state index >= 15 is 0 Å². The second-order valence-electron chi connectivity index (χ2n) is 15.3. The highest BCUT2D eigenvalue weighted by molar-refractivity contribution is 7.45. The molecule has 0 N–H and O–H groups in total. The van der Waals surface area contributed by atoms with E-state index in [1.807, 2.05) is 27.2 Å². The highest BCUT2D eigenvalue weighted by Gasteiger charge is 2.21. The third-order valence-electron chi connectivity index (χ3n) is 8.48. The summed E-state index contributed by atoms with van der Waals surface area (Å²) in [5, 5.41) is 0. The molecular weight excluding hydrogens is 774 g/mol. The van der Waals surface area contributed by atoms with Crippen molar-refractivity contribution in [3.05, 3.63) is 122 Å². The van der Waals surface area contributed by atoms with Crippen LogP contribution in [-0.2, 0) is 32.7 Å². The van der Waals surface area contributed by atoms with E-state index in [-0.39, 0.29) is 26.1 Å². The average molecular weight is 854 g/mol. The third kappa shape index (κ3) is 44.0. The summed E-state index contributed by atoms with van der Waals surface area (Å²) >= 11 is 0. The molecule has 9 nitrogen and oxygen atoms in total. The van der Waals surface area contributed by atoms with Gasteiger partial charge in [-0.3, -0.25) is 14.2 Å². The second kappa shape index (κ2) is 40.8. The summed E-state index contributed by atoms with van der Waals surface area (Å²) in [6.45, 7) is 3.85. The van der Waals surface area contributed by atoms with Crippen molar-refractivity contribution in [2.45, 2.75) is 136 Å². The lowest BCUT2D eigenvalue weighted by Gasteiger charge is -2.28. The number of phosphoric acid groups is 1. The smallest absolute Gasteiger partial charge is 0.306 e. The summed E-state index contributed by atoms with van der Waals surface area (Å²) < 4.78 is 33.8. The van der Waals surface area contributed by atoms with Gasteiger partial charge in [0.15, 0.2) is 6.10 Å². The molecule has 0 radical (unpaired) electrons. The predicted molar refractivity (Wildman–Crippen MR) is 249 cm³/mol. The molecule has 0 saturated heterocycles. The number of unbranched alkanes of at least 4 members (excludes halogenated alkanes) is 4. The monoisotopic (exact) mass is 854 g/mol. The van der Waals surface area contributed by atoms with Gasteiger partial charge in [-0.05, 0) is 96.3 Å². The summed E-state index contributed by atoms with van der Waals surface area (Å²) in [6, 6.07) is 0. The molecule has 0 rings (SSSR count). The molecule has 60 heavy (non-hydrogen) atoms. The van der Waals surface area contributed by atoms with Gasteiger partial charge in [0.2, 0.25) is 0 Å². The van der Waals surface area contributed by atoms with Gasteiger partial charge in [-0.1, -0.05) is 142 Å². The van der Waals surface area contributed by atoms with Crippen LogP contribution in [0.4, 0.5) is 0 Å². The van der Waals surface area contributed by atoms with E-state index in [1.54, 1.807) is 0 Å². The van der Waals surface area contributed by atoms with Crippen LogP contribution >= 0.6 is 7.82 Å². The van der Waals surface area contributed by atoms with Gasteiger partial charge in [-0.2, -0.15) is 0 Å². The minimum atomic E-state index is -4.66. The van der Waals surface area contributed by atoms with Crippen molar-refractivity contribution in [2.75, 3.05) is 47.5 Å². The van der Waals surface area contributed by atoms with Crippen molar-refractivity contribution >= 4 is 19.8 Å². The number of esters is 2. The molecule has 0 saturated carbocycles. The first kappa shape index (κ1) is 56.4. The summed E-state index contributed by atoms with van der Waals surface area (Å²) in [4.78, 5) is 37.5. The first-order valence-electron chi connectivity index (χ1n) is 22.2. The Kier molecular flexibility index (Phi) is 38.4. The number of hydrogen-bond acceptors (Lipinski definition) is 8. The second-order valence-corrected chi connectivity index (χ2v) is 16.7. The van der Waals surface area contributed by atoms with Crippen molar-refractivity contribution in [1.29, 1.82) is 0 Å². The summed E-state index contributed by atoms with van der Waals surface area (Å²) in [6.07, 6.45) is 56.6. The number of carbonyl (C=O) groups is 2. The molecule has 0 aliphatic heterocycles. The van der Waals surface area contributed by atoms with Gasteiger partial charge >= 0.3 is 11.9 Å². The average Bonchev–Trinajstić information content (AvgIpc) is 3.20. The number of hydrogen-bond donors (Lipinski definition) is 0. The molecule has 0 amide bonds. The van der Waals surface area contributed by atoms with Crippen molar-refractivity contribution in [3.8, 4) is 0 Å². The van der Waals surface area contributed by atoms with Crippen molar-refractivity contribution in [1.82, 2.24) is 0 Å². The third-order valence-corrected chi connectivity index (χ3v) is 9.44. The number of ether oxygens (including phenoxy) is 2. The molecule has 338 valence electrons. The Labute approximate surface area is 365 Å². The summed E-state index contributed by atoms with van der Waals surface area (Å²) in [5.74, 6) is -0.956. The van der Waals surface area contributed by atoms with Crippen LogP contribution in [0.3, 0.4) is 0 Å². The standard InChI is InChI=1S/C50H80NO8P/c1-6-8-10-12-14-16-18-20-22-24-25-27-29-31-33-35-37-39-41-43-50(53)59-48(47-58-60(54,55)57-45-44-51(3,4)5)46-56-49(52)42-40-38-36-34-32-30-28-26-23-21-19-17-15-13-11-9-7-2/h8-11,14-17,20-23,25,27-28,30-31,33-34,36,48H,6-7,12-13,18-19,24,26,29,32,35,37-47H2,1-5H3/b10-8-,11-9-,16-14-,17-15-,22-20-,23-21-,27-25-,30-28-,33-31-,36-34-. The zero-order valence-corrected chi connectivity index (χ0v) is 38.7. The molecule has 10 heteroatoms. The largest absolute Gasteiger partial charge is 0.756 e. The normalized spacial score (nSPS) is 14.7. The highest BCUT2D eigenvalue weighted by atomic mass is 31.2. The van der Waals surface area contributed by atoms with Gasteiger partial charge in [0.05, 0.1) is 27.7 Å². The molecule has 0 spiro atoms. The van der Waals surface area contributed by atoms with Gasteiger partial charge in [-0.25, -0.2) is 0 Å². The number of rotatable bonds is 38. The Morgan fingerprint density at radius 1 is 0.517 bits per heavy atom. The lowest BCUT2D eigenvalue weighted by atomic mass is 10.1. The van der Waals surface area contributed by atoms with Crippen LogP contribution in [-0.4, -0.2) is 70.0 Å². The topological polar surface area (TPSA) is 111 Å². The molecule has 0 bridgehead atoms. The van der Waals surface area contributed by atoms with Crippen LogP contribution in [0.2, 0.25) is 0 Å². The Morgan fingerprint density at radius 2 is 0.917 bits per heavy atom. The minimum Gasteiger partial charge on any atom is -0.756 e. The van der Waals surface area contributed by atoms with E-state index in [2.05, 4.69) is 129 Å². The van der Waals surface area contributed by atoms with Crippen LogP contribution in [0.1, 0.15) is 129 Å². The fourth-order valence-corrected chi connectivity index (χ4v) is 5.80. The van der Waals surface area contributed by atoms with Crippen LogP contribution in [0.5, 0.6) is 0 Å². The highest BCUT2D eigenvalue weighted by Crippen LogP contribution is 2.38. The zero-order chi connectivity index (χ0) is 44.3. The molecule has 0 aromatic carbocycles. The predicted octanol–water partition coefficient (Wildman–Crippen LogP) is 12.3.